The second-order valence-corrected chi connectivity index (χ2v) is 6.61. The van der Waals surface area contributed by atoms with Crippen molar-refractivity contribution in [2.75, 3.05) is 20.8 Å². The van der Waals surface area contributed by atoms with E-state index in [1.807, 2.05) is 40.9 Å². The van der Waals surface area contributed by atoms with Gasteiger partial charge in [0.15, 0.2) is 5.65 Å². The normalized spacial score (nSPS) is 17.3. The van der Waals surface area contributed by atoms with E-state index in [4.69, 9.17) is 21.7 Å². The lowest BCUT2D eigenvalue weighted by molar-refractivity contribution is 0.0671. The molecule has 8 heteroatoms. The lowest BCUT2D eigenvalue weighted by Gasteiger charge is -2.33. The third kappa shape index (κ3) is 2.76. The molecule has 2 aromatic heterocycles. The first-order valence-electron chi connectivity index (χ1n) is 8.30. The fourth-order valence-corrected chi connectivity index (χ4v) is 3.76. The van der Waals surface area contributed by atoms with Crippen molar-refractivity contribution in [3.63, 3.8) is 0 Å². The number of fused-ring (bicyclic) bond motifs is 2. The van der Waals surface area contributed by atoms with E-state index in [9.17, 15) is 5.11 Å². The van der Waals surface area contributed by atoms with Gasteiger partial charge in [0, 0.05) is 30.4 Å². The minimum absolute atomic E-state index is 0.464. The van der Waals surface area contributed by atoms with E-state index in [2.05, 4.69) is 10.00 Å². The van der Waals surface area contributed by atoms with E-state index in [0.29, 0.717) is 30.3 Å². The van der Waals surface area contributed by atoms with Gasteiger partial charge < -0.3 is 14.6 Å². The molecule has 136 valence electrons. The maximum absolute atomic E-state index is 10.7. The first-order chi connectivity index (χ1) is 12.6. The number of nitrogens with zero attached hydrogens (tertiary/aromatic N) is 4. The molecular formula is C18H20N4O3S. The van der Waals surface area contributed by atoms with Crippen LogP contribution in [0.3, 0.4) is 0 Å². The molecule has 1 aliphatic heterocycles. The van der Waals surface area contributed by atoms with Gasteiger partial charge in [-0.3, -0.25) is 9.30 Å². The molecule has 1 aliphatic rings. The summed E-state index contributed by atoms with van der Waals surface area (Å²) in [7, 11) is 3.24. The highest BCUT2D eigenvalue weighted by atomic mass is 32.1. The van der Waals surface area contributed by atoms with Crippen molar-refractivity contribution in [1.29, 1.82) is 0 Å². The van der Waals surface area contributed by atoms with Crippen LogP contribution in [0.5, 0.6) is 11.5 Å². The summed E-state index contributed by atoms with van der Waals surface area (Å²) in [5.74, 6) is 1.42. The Morgan fingerprint density at radius 1 is 1.19 bits per heavy atom. The third-order valence-corrected chi connectivity index (χ3v) is 5.09. The Morgan fingerprint density at radius 2 is 1.96 bits per heavy atom. The predicted octanol–water partition coefficient (Wildman–Crippen LogP) is 2.39. The van der Waals surface area contributed by atoms with Gasteiger partial charge in [-0.1, -0.05) is 6.07 Å². The number of β-amino-alcohol motifs (C(OH)–C–C–N with tert-alkyl or cyclic N) is 1. The summed E-state index contributed by atoms with van der Waals surface area (Å²) in [6.07, 6.45) is 1.23. The van der Waals surface area contributed by atoms with Crippen LogP contribution in [0.2, 0.25) is 0 Å². The van der Waals surface area contributed by atoms with Gasteiger partial charge in [0.05, 0.1) is 27.0 Å². The van der Waals surface area contributed by atoms with Gasteiger partial charge in [-0.2, -0.15) is 5.10 Å². The molecule has 7 nitrogen and oxygen atoms in total. The number of hydrogen-bond donors (Lipinski definition) is 1. The molecule has 4 rings (SSSR count). The number of ether oxygens (including phenoxy) is 2. The summed E-state index contributed by atoms with van der Waals surface area (Å²) in [4.78, 5) is 2.09. The van der Waals surface area contributed by atoms with Gasteiger partial charge in [-0.15, -0.1) is 0 Å². The highest BCUT2D eigenvalue weighted by molar-refractivity contribution is 7.71. The largest absolute Gasteiger partial charge is 0.496 e. The summed E-state index contributed by atoms with van der Waals surface area (Å²) in [5.41, 5.74) is 2.53. The molecule has 3 aromatic rings. The van der Waals surface area contributed by atoms with E-state index in [1.165, 1.54) is 0 Å². The van der Waals surface area contributed by atoms with Crippen LogP contribution in [-0.2, 0) is 13.2 Å². The highest BCUT2D eigenvalue weighted by Crippen LogP contribution is 2.39. The maximum Gasteiger partial charge on any atom is 0.203 e. The van der Waals surface area contributed by atoms with Crippen LogP contribution in [-0.4, -0.2) is 45.0 Å². The fraction of sp³-hybridized carbons (Fsp3) is 0.333. The number of rotatable bonds is 4. The SMILES string of the molecule is COc1ccc(OC)c2c1CN(Cn1nc3ccccn3c1=S)CC2O. The van der Waals surface area contributed by atoms with Gasteiger partial charge in [-0.05, 0) is 36.5 Å². The third-order valence-electron chi connectivity index (χ3n) is 4.68. The molecule has 0 bridgehead atoms. The number of hydrogen-bond acceptors (Lipinski definition) is 6. The maximum atomic E-state index is 10.7. The van der Waals surface area contributed by atoms with Gasteiger partial charge >= 0.3 is 0 Å². The van der Waals surface area contributed by atoms with Gasteiger partial charge in [0.25, 0.3) is 0 Å². The van der Waals surface area contributed by atoms with Crippen LogP contribution in [0.25, 0.3) is 5.65 Å². The molecule has 0 saturated heterocycles. The molecule has 26 heavy (non-hydrogen) atoms. The Morgan fingerprint density at radius 3 is 2.69 bits per heavy atom. The number of aliphatic hydroxyl groups excluding tert-OH is 1. The second kappa shape index (κ2) is 6.71. The van der Waals surface area contributed by atoms with E-state index in [1.54, 1.807) is 18.9 Å². The van der Waals surface area contributed by atoms with Crippen LogP contribution < -0.4 is 9.47 Å². The molecule has 0 amide bonds. The summed E-state index contributed by atoms with van der Waals surface area (Å²) in [5, 5.41) is 15.3. The van der Waals surface area contributed by atoms with Crippen molar-refractivity contribution >= 4 is 17.9 Å². The molecule has 0 spiro atoms. The van der Waals surface area contributed by atoms with E-state index in [0.717, 1.165) is 22.5 Å². The summed E-state index contributed by atoms with van der Waals surface area (Å²) < 4.78 is 15.2. The number of aromatic nitrogens is 3. The van der Waals surface area contributed by atoms with Crippen molar-refractivity contribution in [1.82, 2.24) is 19.1 Å². The molecule has 0 fully saturated rings. The smallest absolute Gasteiger partial charge is 0.203 e. The molecule has 1 atom stereocenters. The van der Waals surface area contributed by atoms with Crippen LogP contribution in [0.15, 0.2) is 36.5 Å². The molecule has 0 aliphatic carbocycles. The Balaban J connectivity index is 1.68. The Hall–Kier alpha value is -2.42. The van der Waals surface area contributed by atoms with Crippen LogP contribution in [0.1, 0.15) is 17.2 Å². The van der Waals surface area contributed by atoms with E-state index < -0.39 is 6.10 Å². The van der Waals surface area contributed by atoms with Crippen LogP contribution >= 0.6 is 12.2 Å². The van der Waals surface area contributed by atoms with Crippen molar-refractivity contribution in [3.8, 4) is 11.5 Å². The Kier molecular flexibility index (Phi) is 4.39. The zero-order valence-electron chi connectivity index (χ0n) is 14.6. The standard InChI is InChI=1S/C18H20N4O3S/c1-24-14-6-7-15(25-2)17-12(14)9-20(10-13(17)23)11-22-18(26)21-8-4-3-5-16(21)19-22/h3-8,13,23H,9-11H2,1-2H3. The van der Waals surface area contributed by atoms with Gasteiger partial charge in [0.2, 0.25) is 4.77 Å². The van der Waals surface area contributed by atoms with Crippen molar-refractivity contribution in [2.45, 2.75) is 19.3 Å². The van der Waals surface area contributed by atoms with Crippen molar-refractivity contribution in [2.24, 2.45) is 0 Å². The van der Waals surface area contributed by atoms with Crippen molar-refractivity contribution in [3.05, 3.63) is 52.4 Å². The number of methoxy groups -OCH3 is 2. The number of benzene rings is 1. The number of aliphatic hydroxyl groups is 1. The monoisotopic (exact) mass is 372 g/mol. The summed E-state index contributed by atoms with van der Waals surface area (Å²) in [6, 6.07) is 9.46. The predicted molar refractivity (Wildman–Crippen MR) is 98.9 cm³/mol. The minimum atomic E-state index is -0.671. The first-order valence-corrected chi connectivity index (χ1v) is 8.71. The van der Waals surface area contributed by atoms with Gasteiger partial charge in [0.1, 0.15) is 11.5 Å². The lowest BCUT2D eigenvalue weighted by atomic mass is 9.95. The molecular weight excluding hydrogens is 352 g/mol. The Labute approximate surface area is 156 Å². The molecule has 1 N–H and O–H groups in total. The van der Waals surface area contributed by atoms with Crippen LogP contribution in [0, 0.1) is 4.77 Å². The van der Waals surface area contributed by atoms with Crippen LogP contribution in [0.4, 0.5) is 0 Å². The first kappa shape index (κ1) is 17.0. The molecule has 0 saturated carbocycles. The molecule has 3 heterocycles. The zero-order valence-corrected chi connectivity index (χ0v) is 15.4. The average molecular weight is 372 g/mol. The zero-order chi connectivity index (χ0) is 18.3. The summed E-state index contributed by atoms with van der Waals surface area (Å²) in [6.45, 7) is 1.56. The summed E-state index contributed by atoms with van der Waals surface area (Å²) >= 11 is 5.52. The quantitative estimate of drug-likeness (QED) is 0.710. The Bertz CT molecular complexity index is 1010. The van der Waals surface area contributed by atoms with E-state index >= 15 is 0 Å². The topological polar surface area (TPSA) is 64.2 Å². The van der Waals surface area contributed by atoms with Gasteiger partial charge in [-0.25, -0.2) is 4.68 Å². The second-order valence-electron chi connectivity index (χ2n) is 6.24. The molecule has 0 radical (unpaired) electrons. The molecule has 1 aromatic carbocycles. The lowest BCUT2D eigenvalue weighted by Crippen LogP contribution is -2.35. The highest BCUT2D eigenvalue weighted by Gasteiger charge is 2.30. The fourth-order valence-electron chi connectivity index (χ4n) is 3.50. The minimum Gasteiger partial charge on any atom is -0.496 e. The van der Waals surface area contributed by atoms with E-state index in [-0.39, 0.29) is 0 Å². The average Bonchev–Trinajstić information content (AvgIpc) is 2.96. The number of pyridine rings is 1. The molecule has 1 unspecified atom stereocenters. The van der Waals surface area contributed by atoms with Crippen molar-refractivity contribution < 1.29 is 14.6 Å².